The minimum atomic E-state index is -0.629. The lowest BCUT2D eigenvalue weighted by Gasteiger charge is -2.42. The molecule has 11 heteroatoms. The number of halogens is 2. The lowest BCUT2D eigenvalue weighted by atomic mass is 9.94. The molecule has 4 aliphatic rings. The van der Waals surface area contributed by atoms with Crippen molar-refractivity contribution >= 4 is 22.8 Å². The number of benzene rings is 1. The number of hydrogen-bond donors (Lipinski definition) is 0. The van der Waals surface area contributed by atoms with Gasteiger partial charge in [0, 0.05) is 24.8 Å². The Morgan fingerprint density at radius 1 is 1.07 bits per heavy atom. The summed E-state index contributed by atoms with van der Waals surface area (Å²) in [6.07, 6.45) is 7.37. The molecule has 2 bridgehead atoms. The van der Waals surface area contributed by atoms with Crippen molar-refractivity contribution in [2.75, 3.05) is 37.7 Å². The lowest BCUT2D eigenvalue weighted by Crippen LogP contribution is -2.57. The maximum atomic E-state index is 16.7. The third kappa shape index (κ3) is 5.44. The van der Waals surface area contributed by atoms with Gasteiger partial charge in [0.25, 0.3) is 0 Å². The molecule has 0 spiro atoms. The molecular formula is C35H44F2N6O3. The molecule has 2 unspecified atom stereocenters. The number of amides is 1. The fraction of sp³-hybridized carbons (Fsp3) is 0.600. The Kier molecular flexibility index (Phi) is 7.81. The van der Waals surface area contributed by atoms with Gasteiger partial charge in [0.05, 0.1) is 23.0 Å². The number of carbonyl (C=O) groups is 1. The average molecular weight is 635 g/mol. The van der Waals surface area contributed by atoms with Gasteiger partial charge in [-0.3, -0.25) is 14.8 Å². The van der Waals surface area contributed by atoms with Gasteiger partial charge in [0.15, 0.2) is 5.82 Å². The van der Waals surface area contributed by atoms with Gasteiger partial charge in [-0.05, 0) is 89.9 Å². The van der Waals surface area contributed by atoms with Gasteiger partial charge in [-0.1, -0.05) is 26.0 Å². The second-order valence-corrected chi connectivity index (χ2v) is 14.8. The van der Waals surface area contributed by atoms with Crippen LogP contribution in [0.2, 0.25) is 0 Å². The molecule has 1 aromatic carbocycles. The fourth-order valence-corrected chi connectivity index (χ4v) is 8.19. The Bertz CT molecular complexity index is 1640. The Morgan fingerprint density at radius 3 is 2.41 bits per heavy atom. The summed E-state index contributed by atoms with van der Waals surface area (Å²) in [5.41, 5.74) is 0.347. The van der Waals surface area contributed by atoms with Crippen LogP contribution in [0.4, 0.5) is 19.4 Å². The van der Waals surface area contributed by atoms with Crippen LogP contribution in [-0.2, 0) is 4.74 Å². The molecular weight excluding hydrogens is 590 g/mol. The number of piperazine rings is 1. The third-order valence-electron chi connectivity index (χ3n) is 10.2. The summed E-state index contributed by atoms with van der Waals surface area (Å²) in [6, 6.07) is 4.67. The average Bonchev–Trinajstić information content (AvgIpc) is 3.65. The molecule has 0 N–H and O–H groups in total. The molecule has 4 aliphatic heterocycles. The smallest absolute Gasteiger partial charge is 0.410 e. The summed E-state index contributed by atoms with van der Waals surface area (Å²) in [6.45, 7) is 13.0. The Morgan fingerprint density at radius 2 is 1.76 bits per heavy atom. The predicted octanol–water partition coefficient (Wildman–Crippen LogP) is 6.69. The number of nitrogens with zero attached hydrogens (tertiary/aromatic N) is 6. The SMILES string of the molecule is CC(C)c1c(F)cccc1-c1ncc2c(N3CC4CCC(C3)N4C(=O)OC(C)(C)C)nc(OCC34CCCN3CCC4)nc2c1F. The summed E-state index contributed by atoms with van der Waals surface area (Å²) in [7, 11) is 0. The van der Waals surface area contributed by atoms with Crippen LogP contribution in [0, 0.1) is 11.6 Å². The van der Waals surface area contributed by atoms with Crippen molar-refractivity contribution in [3.8, 4) is 17.3 Å². The van der Waals surface area contributed by atoms with Crippen molar-refractivity contribution in [3.63, 3.8) is 0 Å². The molecule has 6 heterocycles. The Hall–Kier alpha value is -3.60. The van der Waals surface area contributed by atoms with Gasteiger partial charge < -0.3 is 14.4 Å². The first kappa shape index (κ1) is 31.0. The van der Waals surface area contributed by atoms with Crippen molar-refractivity contribution in [2.24, 2.45) is 0 Å². The maximum Gasteiger partial charge on any atom is 0.410 e. The number of carbonyl (C=O) groups excluding carboxylic acids is 1. The number of pyridine rings is 1. The Balaban J connectivity index is 1.28. The molecule has 4 saturated heterocycles. The predicted molar refractivity (Wildman–Crippen MR) is 172 cm³/mol. The number of fused-ring (bicyclic) bond motifs is 4. The first-order chi connectivity index (χ1) is 21.9. The highest BCUT2D eigenvalue weighted by atomic mass is 19.1. The fourth-order valence-electron chi connectivity index (χ4n) is 8.19. The summed E-state index contributed by atoms with van der Waals surface area (Å²) in [5, 5.41) is 0.461. The van der Waals surface area contributed by atoms with Gasteiger partial charge in [0.2, 0.25) is 0 Å². The van der Waals surface area contributed by atoms with E-state index in [1.807, 2.05) is 39.5 Å². The zero-order valence-corrected chi connectivity index (χ0v) is 27.5. The molecule has 0 radical (unpaired) electrons. The van der Waals surface area contributed by atoms with E-state index in [-0.39, 0.29) is 46.9 Å². The van der Waals surface area contributed by atoms with E-state index < -0.39 is 17.2 Å². The van der Waals surface area contributed by atoms with Crippen molar-refractivity contribution in [1.82, 2.24) is 24.8 Å². The molecule has 7 rings (SSSR count). The highest BCUT2D eigenvalue weighted by Gasteiger charge is 2.46. The summed E-state index contributed by atoms with van der Waals surface area (Å²) in [4.78, 5) is 33.7. The number of ether oxygens (including phenoxy) is 2. The standard InChI is InChI=1S/C35H44F2N6O3/c1-21(2)27-24(9-6-10-26(27)36)29-28(37)30-25(17-38-29)31(40-32(39-30)45-20-35-13-7-15-42(35)16-8-14-35)41-18-22-11-12-23(19-41)43(22)33(44)46-34(3,4)5/h6,9-10,17,21-23H,7-8,11-16,18-20H2,1-5H3. The van der Waals surface area contributed by atoms with E-state index >= 15 is 4.39 Å². The quantitative estimate of drug-likeness (QED) is 0.297. The summed E-state index contributed by atoms with van der Waals surface area (Å²) in [5.74, 6) is -0.661. The van der Waals surface area contributed by atoms with Gasteiger partial charge in [-0.2, -0.15) is 9.97 Å². The van der Waals surface area contributed by atoms with Crippen molar-refractivity contribution in [1.29, 1.82) is 0 Å². The molecule has 46 heavy (non-hydrogen) atoms. The number of hydrogen-bond acceptors (Lipinski definition) is 8. The zero-order valence-electron chi connectivity index (χ0n) is 27.5. The molecule has 246 valence electrons. The van der Waals surface area contributed by atoms with E-state index in [4.69, 9.17) is 14.5 Å². The maximum absolute atomic E-state index is 16.7. The largest absolute Gasteiger partial charge is 0.461 e. The Labute approximate surface area is 269 Å². The summed E-state index contributed by atoms with van der Waals surface area (Å²) < 4.78 is 43.8. The molecule has 1 amide bonds. The lowest BCUT2D eigenvalue weighted by molar-refractivity contribution is 0.0122. The van der Waals surface area contributed by atoms with Crippen LogP contribution in [0.5, 0.6) is 6.01 Å². The van der Waals surface area contributed by atoms with Gasteiger partial charge in [-0.25, -0.2) is 13.6 Å². The van der Waals surface area contributed by atoms with Crippen LogP contribution in [0.15, 0.2) is 24.4 Å². The van der Waals surface area contributed by atoms with Crippen LogP contribution in [0.3, 0.4) is 0 Å². The molecule has 2 atom stereocenters. The van der Waals surface area contributed by atoms with Crippen molar-refractivity contribution < 1.29 is 23.0 Å². The molecule has 3 aromatic rings. The van der Waals surface area contributed by atoms with Crippen molar-refractivity contribution in [3.05, 3.63) is 41.6 Å². The zero-order chi connectivity index (χ0) is 32.4. The molecule has 2 aromatic heterocycles. The number of aromatic nitrogens is 3. The monoisotopic (exact) mass is 634 g/mol. The first-order valence-corrected chi connectivity index (χ1v) is 16.7. The van der Waals surface area contributed by atoms with Gasteiger partial charge >= 0.3 is 12.1 Å². The van der Waals surface area contributed by atoms with Crippen LogP contribution < -0.4 is 9.64 Å². The number of anilines is 1. The van der Waals surface area contributed by atoms with Gasteiger partial charge in [0.1, 0.15) is 35.1 Å². The van der Waals surface area contributed by atoms with Crippen LogP contribution in [0.25, 0.3) is 22.2 Å². The van der Waals surface area contributed by atoms with E-state index in [2.05, 4.69) is 19.8 Å². The van der Waals surface area contributed by atoms with Crippen molar-refractivity contribution in [2.45, 2.75) is 102 Å². The van der Waals surface area contributed by atoms with Gasteiger partial charge in [-0.15, -0.1) is 0 Å². The van der Waals surface area contributed by atoms with Crippen LogP contribution in [0.1, 0.15) is 84.6 Å². The minimum absolute atomic E-state index is 0.0354. The topological polar surface area (TPSA) is 83.9 Å². The van der Waals surface area contributed by atoms with Crippen LogP contribution >= 0.6 is 0 Å². The molecule has 4 fully saturated rings. The van der Waals surface area contributed by atoms with E-state index in [1.165, 1.54) is 6.07 Å². The van der Waals surface area contributed by atoms with Crippen LogP contribution in [-0.4, -0.2) is 86.9 Å². The highest BCUT2D eigenvalue weighted by molar-refractivity contribution is 5.92. The van der Waals surface area contributed by atoms with E-state index in [0.29, 0.717) is 42.0 Å². The third-order valence-corrected chi connectivity index (χ3v) is 10.2. The van der Waals surface area contributed by atoms with E-state index in [1.54, 1.807) is 18.3 Å². The second kappa shape index (κ2) is 11.6. The molecule has 0 aliphatic carbocycles. The highest BCUT2D eigenvalue weighted by Crippen LogP contribution is 2.41. The van der Waals surface area contributed by atoms with E-state index in [0.717, 1.165) is 51.6 Å². The normalized spacial score (nSPS) is 22.6. The van der Waals surface area contributed by atoms with E-state index in [9.17, 15) is 9.18 Å². The molecule has 9 nitrogen and oxygen atoms in total. The first-order valence-electron chi connectivity index (χ1n) is 16.7. The summed E-state index contributed by atoms with van der Waals surface area (Å²) >= 11 is 0. The number of rotatable bonds is 6. The minimum Gasteiger partial charge on any atom is -0.461 e. The molecule has 0 saturated carbocycles. The second-order valence-electron chi connectivity index (χ2n) is 14.8.